The molecule has 0 radical (unpaired) electrons. The van der Waals surface area contributed by atoms with Gasteiger partial charge in [0, 0.05) is 11.8 Å². The van der Waals surface area contributed by atoms with E-state index in [1.54, 1.807) is 0 Å². The van der Waals surface area contributed by atoms with Gasteiger partial charge in [-0.3, -0.25) is 14.5 Å². The fraction of sp³-hybridized carbons (Fsp3) is 0.250. The molecule has 2 aromatic carbocycles. The lowest BCUT2D eigenvalue weighted by Gasteiger charge is -2.45. The van der Waals surface area contributed by atoms with E-state index >= 15 is 0 Å². The van der Waals surface area contributed by atoms with Gasteiger partial charge in [-0.05, 0) is 22.3 Å². The molecule has 0 spiro atoms. The van der Waals surface area contributed by atoms with Gasteiger partial charge in [-0.25, -0.2) is 0 Å². The molecular formula is C20H14N2O2. The summed E-state index contributed by atoms with van der Waals surface area (Å²) in [6.07, 6.45) is 0. The van der Waals surface area contributed by atoms with Crippen molar-refractivity contribution in [3.05, 3.63) is 70.8 Å². The number of hydrogen-bond acceptors (Lipinski definition) is 3. The zero-order valence-electron chi connectivity index (χ0n) is 12.8. The summed E-state index contributed by atoms with van der Waals surface area (Å²) in [6, 6.07) is 18.2. The van der Waals surface area contributed by atoms with Crippen molar-refractivity contribution in [2.45, 2.75) is 11.8 Å². The molecule has 2 amide bonds. The van der Waals surface area contributed by atoms with Gasteiger partial charge in [-0.15, -0.1) is 0 Å². The van der Waals surface area contributed by atoms with Gasteiger partial charge >= 0.3 is 0 Å². The maximum Gasteiger partial charge on any atom is 0.235 e. The highest BCUT2D eigenvalue weighted by atomic mass is 16.2. The molecule has 3 aliphatic carbocycles. The van der Waals surface area contributed by atoms with Crippen LogP contribution in [-0.2, 0) is 9.59 Å². The Bertz CT molecular complexity index is 827. The van der Waals surface area contributed by atoms with Crippen LogP contribution in [0.4, 0.5) is 0 Å². The number of benzene rings is 2. The minimum atomic E-state index is -0.374. The van der Waals surface area contributed by atoms with Crippen molar-refractivity contribution in [1.82, 2.24) is 4.90 Å². The topological polar surface area (TPSA) is 61.2 Å². The van der Waals surface area contributed by atoms with E-state index in [2.05, 4.69) is 24.3 Å². The van der Waals surface area contributed by atoms with E-state index in [-0.39, 0.29) is 42.0 Å². The van der Waals surface area contributed by atoms with Crippen molar-refractivity contribution in [1.29, 1.82) is 5.26 Å². The Morgan fingerprint density at radius 2 is 1.17 bits per heavy atom. The fourth-order valence-electron chi connectivity index (χ4n) is 4.97. The van der Waals surface area contributed by atoms with Crippen LogP contribution >= 0.6 is 0 Å². The first-order valence-corrected chi connectivity index (χ1v) is 8.14. The monoisotopic (exact) mass is 314 g/mol. The standard InChI is InChI=1S/C20H14N2O2/c21-9-10-22-19(23)17-15-11-5-1-2-6-12(11)16(18(17)20(22)24)14-8-4-3-7-13(14)15/h1-8,15-18H,10H2. The first kappa shape index (κ1) is 13.5. The van der Waals surface area contributed by atoms with Crippen LogP contribution in [0.1, 0.15) is 34.1 Å². The summed E-state index contributed by atoms with van der Waals surface area (Å²) in [7, 11) is 0. The van der Waals surface area contributed by atoms with Crippen molar-refractivity contribution in [3.8, 4) is 6.07 Å². The highest BCUT2D eigenvalue weighted by molar-refractivity contribution is 6.07. The number of rotatable bonds is 1. The van der Waals surface area contributed by atoms with Crippen LogP contribution < -0.4 is 0 Å². The van der Waals surface area contributed by atoms with Gasteiger partial charge in [-0.1, -0.05) is 48.5 Å². The van der Waals surface area contributed by atoms with E-state index < -0.39 is 0 Å². The van der Waals surface area contributed by atoms with Gasteiger partial charge < -0.3 is 0 Å². The lowest BCUT2D eigenvalue weighted by molar-refractivity contribution is -0.139. The zero-order chi connectivity index (χ0) is 16.4. The van der Waals surface area contributed by atoms with E-state index in [4.69, 9.17) is 5.26 Å². The first-order valence-electron chi connectivity index (χ1n) is 8.14. The van der Waals surface area contributed by atoms with Crippen LogP contribution in [0.2, 0.25) is 0 Å². The van der Waals surface area contributed by atoms with Gasteiger partial charge in [0.2, 0.25) is 11.8 Å². The Morgan fingerprint density at radius 1 is 0.792 bits per heavy atom. The van der Waals surface area contributed by atoms with E-state index in [1.165, 1.54) is 0 Å². The molecule has 0 N–H and O–H groups in total. The Hall–Kier alpha value is -2.93. The number of likely N-dealkylation sites (tertiary alicyclic amines) is 1. The summed E-state index contributed by atoms with van der Waals surface area (Å²) in [5.41, 5.74) is 4.62. The van der Waals surface area contributed by atoms with Gasteiger partial charge in [0.1, 0.15) is 6.54 Å². The van der Waals surface area contributed by atoms with Crippen molar-refractivity contribution in [2.24, 2.45) is 11.8 Å². The zero-order valence-corrected chi connectivity index (χ0v) is 12.8. The molecule has 2 atom stereocenters. The average Bonchev–Trinajstić information content (AvgIpc) is 2.88. The van der Waals surface area contributed by atoms with Crippen LogP contribution in [0.3, 0.4) is 0 Å². The number of imide groups is 1. The molecule has 116 valence electrons. The summed E-state index contributed by atoms with van der Waals surface area (Å²) < 4.78 is 0. The summed E-state index contributed by atoms with van der Waals surface area (Å²) in [5, 5.41) is 8.99. The lowest BCUT2D eigenvalue weighted by atomic mass is 9.55. The molecule has 2 aromatic rings. The maximum atomic E-state index is 12.9. The van der Waals surface area contributed by atoms with Crippen LogP contribution in [-0.4, -0.2) is 23.3 Å². The van der Waals surface area contributed by atoms with E-state index in [0.717, 1.165) is 27.2 Å². The van der Waals surface area contributed by atoms with Crippen molar-refractivity contribution in [2.75, 3.05) is 6.54 Å². The number of carbonyl (C=O) groups excluding carboxylic acids is 2. The quantitative estimate of drug-likeness (QED) is 0.600. The molecule has 1 aliphatic heterocycles. The fourth-order valence-corrected chi connectivity index (χ4v) is 4.97. The van der Waals surface area contributed by atoms with E-state index in [1.807, 2.05) is 30.3 Å². The molecule has 4 heteroatoms. The summed E-state index contributed by atoms with van der Waals surface area (Å²) in [5.74, 6) is -1.31. The van der Waals surface area contributed by atoms with E-state index in [0.29, 0.717) is 0 Å². The van der Waals surface area contributed by atoms with Crippen molar-refractivity contribution < 1.29 is 9.59 Å². The molecular weight excluding hydrogens is 300 g/mol. The normalized spacial score (nSPS) is 29.0. The van der Waals surface area contributed by atoms with Crippen molar-refractivity contribution in [3.63, 3.8) is 0 Å². The third kappa shape index (κ3) is 1.43. The van der Waals surface area contributed by atoms with Crippen LogP contribution in [0.15, 0.2) is 48.5 Å². The van der Waals surface area contributed by atoms with Gasteiger partial charge in [0.15, 0.2) is 0 Å². The third-order valence-corrected chi connectivity index (χ3v) is 5.77. The summed E-state index contributed by atoms with van der Waals surface area (Å²) in [6.45, 7) is -0.156. The SMILES string of the molecule is N#CCN1C(=O)C2C3c4ccccc4C(c4ccccc43)C2C1=O. The molecule has 0 aromatic heterocycles. The molecule has 4 aliphatic rings. The molecule has 1 fully saturated rings. The minimum absolute atomic E-state index is 0.0902. The average molecular weight is 314 g/mol. The lowest BCUT2D eigenvalue weighted by Crippen LogP contribution is -2.41. The van der Waals surface area contributed by atoms with Crippen molar-refractivity contribution >= 4 is 11.8 Å². The predicted octanol–water partition coefficient (Wildman–Crippen LogP) is 2.40. The Morgan fingerprint density at radius 3 is 1.50 bits per heavy atom. The second-order valence-electron chi connectivity index (χ2n) is 6.69. The molecule has 1 heterocycles. The predicted molar refractivity (Wildman–Crippen MR) is 85.9 cm³/mol. The number of nitrogens with zero attached hydrogens (tertiary/aromatic N) is 2. The second-order valence-corrected chi connectivity index (χ2v) is 6.69. The first-order chi connectivity index (χ1) is 11.7. The number of carbonyl (C=O) groups is 2. The highest BCUT2D eigenvalue weighted by Crippen LogP contribution is 2.60. The Kier molecular flexibility index (Phi) is 2.56. The number of nitriles is 1. The molecule has 2 unspecified atom stereocenters. The van der Waals surface area contributed by atoms with Gasteiger partial charge in [0.25, 0.3) is 0 Å². The largest absolute Gasteiger partial charge is 0.274 e. The highest BCUT2D eigenvalue weighted by Gasteiger charge is 2.61. The van der Waals surface area contributed by atoms with Gasteiger partial charge in [0.05, 0.1) is 17.9 Å². The molecule has 6 rings (SSSR count). The molecule has 2 bridgehead atoms. The number of amides is 2. The Labute approximate surface area is 139 Å². The van der Waals surface area contributed by atoms with E-state index in [9.17, 15) is 9.59 Å². The summed E-state index contributed by atoms with van der Waals surface area (Å²) >= 11 is 0. The molecule has 24 heavy (non-hydrogen) atoms. The van der Waals surface area contributed by atoms with Crippen LogP contribution in [0.25, 0.3) is 0 Å². The smallest absolute Gasteiger partial charge is 0.235 e. The number of hydrogen-bond donors (Lipinski definition) is 0. The molecule has 4 nitrogen and oxygen atoms in total. The van der Waals surface area contributed by atoms with Crippen LogP contribution in [0.5, 0.6) is 0 Å². The minimum Gasteiger partial charge on any atom is -0.274 e. The maximum absolute atomic E-state index is 12.9. The van der Waals surface area contributed by atoms with Crippen LogP contribution in [0, 0.1) is 23.2 Å². The third-order valence-electron chi connectivity index (χ3n) is 5.77. The second kappa shape index (κ2) is 4.55. The molecule has 0 saturated carbocycles. The summed E-state index contributed by atoms with van der Waals surface area (Å²) in [4.78, 5) is 27.0. The molecule has 1 saturated heterocycles. The van der Waals surface area contributed by atoms with Gasteiger partial charge in [-0.2, -0.15) is 5.26 Å². The Balaban J connectivity index is 1.79.